The highest BCUT2D eigenvalue weighted by molar-refractivity contribution is 5.94. The Labute approximate surface area is 244 Å². The summed E-state index contributed by atoms with van der Waals surface area (Å²) in [6.07, 6.45) is 0.900. The molecule has 43 heavy (non-hydrogen) atoms. The van der Waals surface area contributed by atoms with Gasteiger partial charge in [0.05, 0.1) is 54.5 Å². The summed E-state index contributed by atoms with van der Waals surface area (Å²) in [5.74, 6) is -1.17. The van der Waals surface area contributed by atoms with Crippen molar-refractivity contribution in [1.82, 2.24) is 19.4 Å². The third-order valence-corrected chi connectivity index (χ3v) is 7.46. The Kier molecular flexibility index (Phi) is 7.60. The average molecular weight is 589 g/mol. The zero-order chi connectivity index (χ0) is 30.1. The summed E-state index contributed by atoms with van der Waals surface area (Å²) in [5, 5.41) is 8.91. The fourth-order valence-electron chi connectivity index (χ4n) is 5.04. The molecule has 2 fully saturated rings. The SMILES string of the molecule is COC(=O)c1ccc2nc(CN3CCN(c4ccc(F)c(COc5ccc(C#N)cc5F)n4)C3=O)n(C[C@@H]3CCO3)c2c1. The van der Waals surface area contributed by atoms with Crippen molar-refractivity contribution < 1.29 is 32.6 Å². The largest absolute Gasteiger partial charge is 0.484 e. The molecule has 11 nitrogen and oxygen atoms in total. The first-order chi connectivity index (χ1) is 20.8. The Morgan fingerprint density at radius 3 is 2.67 bits per heavy atom. The number of carbonyl (C=O) groups excluding carboxylic acids is 2. The zero-order valence-electron chi connectivity index (χ0n) is 23.1. The first kappa shape index (κ1) is 28.0. The summed E-state index contributed by atoms with van der Waals surface area (Å²) in [5.41, 5.74) is 1.83. The summed E-state index contributed by atoms with van der Waals surface area (Å²) in [7, 11) is 1.32. The predicted octanol–water partition coefficient (Wildman–Crippen LogP) is 4.18. The molecule has 0 bridgehead atoms. The minimum absolute atomic E-state index is 0.00511. The number of rotatable bonds is 9. The summed E-state index contributed by atoms with van der Waals surface area (Å²) in [6, 6.07) is 12.9. The van der Waals surface area contributed by atoms with Gasteiger partial charge >= 0.3 is 12.0 Å². The maximum atomic E-state index is 14.6. The van der Waals surface area contributed by atoms with Gasteiger partial charge < -0.3 is 23.7 Å². The number of carbonyl (C=O) groups is 2. The molecule has 4 heterocycles. The molecular weight excluding hydrogens is 562 g/mol. The van der Waals surface area contributed by atoms with Crippen molar-refractivity contribution in [2.45, 2.75) is 32.2 Å². The van der Waals surface area contributed by atoms with Gasteiger partial charge in [-0.2, -0.15) is 5.26 Å². The van der Waals surface area contributed by atoms with Crippen LogP contribution in [0.25, 0.3) is 11.0 Å². The number of benzene rings is 2. The van der Waals surface area contributed by atoms with Crippen LogP contribution in [0.4, 0.5) is 19.4 Å². The van der Waals surface area contributed by atoms with Crippen LogP contribution in [0.3, 0.4) is 0 Å². The Balaban J connectivity index is 1.20. The smallest absolute Gasteiger partial charge is 0.337 e. The molecule has 0 aliphatic carbocycles. The van der Waals surface area contributed by atoms with E-state index >= 15 is 0 Å². The van der Waals surface area contributed by atoms with Gasteiger partial charge in [-0.1, -0.05) is 0 Å². The van der Waals surface area contributed by atoms with E-state index in [1.165, 1.54) is 36.3 Å². The van der Waals surface area contributed by atoms with E-state index < -0.39 is 17.6 Å². The van der Waals surface area contributed by atoms with Crippen LogP contribution < -0.4 is 9.64 Å². The van der Waals surface area contributed by atoms with Gasteiger partial charge in [0.1, 0.15) is 29.8 Å². The van der Waals surface area contributed by atoms with Crippen LogP contribution in [0.1, 0.15) is 33.9 Å². The molecule has 0 spiro atoms. The highest BCUT2D eigenvalue weighted by Crippen LogP contribution is 2.27. The number of urea groups is 1. The van der Waals surface area contributed by atoms with Crippen molar-refractivity contribution in [1.29, 1.82) is 5.26 Å². The predicted molar refractivity (Wildman–Crippen MR) is 148 cm³/mol. The normalized spacial score (nSPS) is 16.3. The second kappa shape index (κ2) is 11.7. The van der Waals surface area contributed by atoms with Crippen molar-refractivity contribution in [3.05, 3.63) is 82.8 Å². The highest BCUT2D eigenvalue weighted by Gasteiger charge is 2.33. The van der Waals surface area contributed by atoms with Gasteiger partial charge in [0.2, 0.25) is 0 Å². The molecule has 6 rings (SSSR count). The third-order valence-electron chi connectivity index (χ3n) is 7.46. The second-order valence-electron chi connectivity index (χ2n) is 10.1. The van der Waals surface area contributed by atoms with Gasteiger partial charge in [-0.15, -0.1) is 0 Å². The zero-order valence-corrected chi connectivity index (χ0v) is 23.1. The number of hydrogen-bond acceptors (Lipinski definition) is 8. The van der Waals surface area contributed by atoms with E-state index in [0.717, 1.165) is 18.0 Å². The Morgan fingerprint density at radius 1 is 1.12 bits per heavy atom. The monoisotopic (exact) mass is 588 g/mol. The number of pyridine rings is 1. The van der Waals surface area contributed by atoms with Crippen LogP contribution in [0, 0.1) is 23.0 Å². The second-order valence-corrected chi connectivity index (χ2v) is 10.1. The number of methoxy groups -OCH3 is 1. The van der Waals surface area contributed by atoms with E-state index in [1.807, 2.05) is 10.6 Å². The Morgan fingerprint density at radius 2 is 1.95 bits per heavy atom. The highest BCUT2D eigenvalue weighted by atomic mass is 19.1. The number of nitrogens with zero attached hydrogens (tertiary/aromatic N) is 6. The number of esters is 1. The first-order valence-electron chi connectivity index (χ1n) is 13.6. The topological polar surface area (TPSA) is 123 Å². The average Bonchev–Trinajstić information content (AvgIpc) is 3.53. The quantitative estimate of drug-likeness (QED) is 0.267. The molecule has 0 N–H and O–H groups in total. The molecular formula is C30H26F2N6O5. The van der Waals surface area contributed by atoms with Crippen LogP contribution in [-0.2, 0) is 29.2 Å². The number of hydrogen-bond donors (Lipinski definition) is 0. The lowest BCUT2D eigenvalue weighted by Crippen LogP contribution is -2.34. The van der Waals surface area contributed by atoms with Crippen molar-refractivity contribution in [2.24, 2.45) is 0 Å². The van der Waals surface area contributed by atoms with Crippen LogP contribution in [0.2, 0.25) is 0 Å². The molecule has 0 saturated carbocycles. The fraction of sp³-hybridized carbons (Fsp3) is 0.300. The number of fused-ring (bicyclic) bond motifs is 1. The van der Waals surface area contributed by atoms with Gasteiger partial charge in [0, 0.05) is 19.7 Å². The van der Waals surface area contributed by atoms with E-state index in [-0.39, 0.29) is 48.1 Å². The van der Waals surface area contributed by atoms with Crippen molar-refractivity contribution in [3.8, 4) is 11.8 Å². The summed E-state index contributed by atoms with van der Waals surface area (Å²) in [4.78, 5) is 37.7. The standard InChI is InChI=1S/C30H26F2N6O5/c1-41-29(39)19-3-5-23-25(13-19)38(15-20-8-11-42-20)28(34-23)16-36-9-10-37(30(36)40)27-7-4-21(31)24(35-27)17-43-26-6-2-18(14-33)12-22(26)32/h2-7,12-13,20H,8-11,15-17H2,1H3/t20-/m0/s1. The van der Waals surface area contributed by atoms with E-state index in [2.05, 4.69) is 4.98 Å². The number of aromatic nitrogens is 3. The molecule has 2 amide bonds. The molecule has 2 aliphatic heterocycles. The maximum Gasteiger partial charge on any atom is 0.337 e. The number of amides is 2. The van der Waals surface area contributed by atoms with Crippen LogP contribution in [-0.4, -0.2) is 64.3 Å². The van der Waals surface area contributed by atoms with Crippen LogP contribution in [0.5, 0.6) is 5.75 Å². The molecule has 2 aliphatic rings. The molecule has 2 aromatic heterocycles. The van der Waals surface area contributed by atoms with Crippen LogP contribution >= 0.6 is 0 Å². The van der Waals surface area contributed by atoms with E-state index in [1.54, 1.807) is 23.1 Å². The van der Waals surface area contributed by atoms with Gasteiger partial charge in [0.25, 0.3) is 0 Å². The molecule has 2 saturated heterocycles. The minimum atomic E-state index is -0.752. The van der Waals surface area contributed by atoms with Crippen molar-refractivity contribution >= 4 is 28.9 Å². The molecule has 1 atom stereocenters. The number of nitriles is 1. The van der Waals surface area contributed by atoms with Crippen LogP contribution in [0.15, 0.2) is 48.5 Å². The van der Waals surface area contributed by atoms with Crippen molar-refractivity contribution in [2.75, 3.05) is 31.7 Å². The number of imidazole rings is 1. The molecule has 220 valence electrons. The fourth-order valence-corrected chi connectivity index (χ4v) is 5.04. The lowest BCUT2D eigenvalue weighted by atomic mass is 10.1. The lowest BCUT2D eigenvalue weighted by Gasteiger charge is -2.28. The van der Waals surface area contributed by atoms with E-state index in [4.69, 9.17) is 24.5 Å². The van der Waals surface area contributed by atoms with E-state index in [9.17, 15) is 18.4 Å². The minimum Gasteiger partial charge on any atom is -0.484 e. The molecule has 0 radical (unpaired) electrons. The number of halogens is 2. The summed E-state index contributed by atoms with van der Waals surface area (Å²) >= 11 is 0. The molecule has 13 heteroatoms. The van der Waals surface area contributed by atoms with Gasteiger partial charge in [-0.25, -0.2) is 28.3 Å². The summed E-state index contributed by atoms with van der Waals surface area (Å²) in [6.45, 7) is 1.69. The third kappa shape index (κ3) is 5.56. The maximum absolute atomic E-state index is 14.6. The molecule has 4 aromatic rings. The summed E-state index contributed by atoms with van der Waals surface area (Å²) < 4.78 is 46.7. The Hall–Kier alpha value is -5.09. The van der Waals surface area contributed by atoms with Crippen molar-refractivity contribution in [3.63, 3.8) is 0 Å². The van der Waals surface area contributed by atoms with E-state index in [0.29, 0.717) is 43.1 Å². The number of anilines is 1. The van der Waals surface area contributed by atoms with Gasteiger partial charge in [0.15, 0.2) is 11.6 Å². The molecule has 2 aromatic carbocycles. The Bertz CT molecular complexity index is 1770. The van der Waals surface area contributed by atoms with Gasteiger partial charge in [-0.05, 0) is 55.0 Å². The lowest BCUT2D eigenvalue weighted by molar-refractivity contribution is -0.0591. The van der Waals surface area contributed by atoms with Gasteiger partial charge in [-0.3, -0.25) is 4.90 Å². The first-order valence-corrected chi connectivity index (χ1v) is 13.6. The molecule has 0 unspecified atom stereocenters. The number of ether oxygens (including phenoxy) is 3.